The Morgan fingerprint density at radius 1 is 1.26 bits per heavy atom. The van der Waals surface area contributed by atoms with Crippen molar-refractivity contribution in [2.24, 2.45) is 0 Å². The molecule has 0 heterocycles. The second-order valence-electron chi connectivity index (χ2n) is 4.28. The molecule has 0 amide bonds. The minimum absolute atomic E-state index is 0.0350. The smallest absolute Gasteiger partial charge is 0.332 e. The average Bonchev–Trinajstić information content (AvgIpc) is 2.40. The van der Waals surface area contributed by atoms with Crippen molar-refractivity contribution in [1.29, 1.82) is 0 Å². The number of hydrogen-bond acceptors (Lipinski definition) is 4. The lowest BCUT2D eigenvalue weighted by Crippen LogP contribution is -2.24. The van der Waals surface area contributed by atoms with Gasteiger partial charge in [-0.15, -0.1) is 0 Å². The van der Waals surface area contributed by atoms with Crippen molar-refractivity contribution in [3.63, 3.8) is 0 Å². The van der Waals surface area contributed by atoms with E-state index >= 15 is 0 Å². The first-order valence-electron chi connectivity index (χ1n) is 6.72. The molecule has 0 aliphatic rings. The number of hydrogen-bond donors (Lipinski definition) is 1. The maximum atomic E-state index is 11.0. The molecule has 0 saturated heterocycles. The molecule has 19 heavy (non-hydrogen) atoms. The number of esters is 1. The summed E-state index contributed by atoms with van der Waals surface area (Å²) in [6.07, 6.45) is 1.00. The minimum atomic E-state index is -0.303. The molecule has 0 bridgehead atoms. The average molecular weight is 265 g/mol. The SMILES string of the molecule is CCOC(=O)COCCNCCc1ccccc1C. The highest BCUT2D eigenvalue weighted by molar-refractivity contribution is 5.70. The fourth-order valence-electron chi connectivity index (χ4n) is 1.74. The normalized spacial score (nSPS) is 10.4. The molecule has 1 N–H and O–H groups in total. The number of benzene rings is 1. The molecule has 106 valence electrons. The van der Waals surface area contributed by atoms with Gasteiger partial charge in [0.05, 0.1) is 13.2 Å². The molecule has 0 aromatic heterocycles. The van der Waals surface area contributed by atoms with Crippen LogP contribution < -0.4 is 5.32 Å². The third-order valence-electron chi connectivity index (χ3n) is 2.78. The van der Waals surface area contributed by atoms with Gasteiger partial charge in [-0.3, -0.25) is 0 Å². The second-order valence-corrected chi connectivity index (χ2v) is 4.28. The monoisotopic (exact) mass is 265 g/mol. The van der Waals surface area contributed by atoms with Crippen LogP contribution >= 0.6 is 0 Å². The number of aryl methyl sites for hydroxylation is 1. The standard InChI is InChI=1S/C15H23NO3/c1-3-19-15(17)12-18-11-10-16-9-8-14-7-5-4-6-13(14)2/h4-7,16H,3,8-12H2,1-2H3. The van der Waals surface area contributed by atoms with E-state index in [0.29, 0.717) is 13.2 Å². The number of carbonyl (C=O) groups excluding carboxylic acids is 1. The molecule has 0 fully saturated rings. The van der Waals surface area contributed by atoms with Gasteiger partial charge in [-0.2, -0.15) is 0 Å². The zero-order valence-electron chi connectivity index (χ0n) is 11.8. The quantitative estimate of drug-likeness (QED) is 0.545. The summed E-state index contributed by atoms with van der Waals surface area (Å²) in [4.78, 5) is 11.0. The van der Waals surface area contributed by atoms with Crippen LogP contribution in [0.3, 0.4) is 0 Å². The van der Waals surface area contributed by atoms with E-state index in [4.69, 9.17) is 9.47 Å². The second kappa shape index (κ2) is 9.53. The van der Waals surface area contributed by atoms with Crippen LogP contribution in [0.1, 0.15) is 18.1 Å². The summed E-state index contributed by atoms with van der Waals surface area (Å²) in [7, 11) is 0. The van der Waals surface area contributed by atoms with Gasteiger partial charge in [0.1, 0.15) is 6.61 Å². The van der Waals surface area contributed by atoms with Gasteiger partial charge in [-0.25, -0.2) is 4.79 Å². The lowest BCUT2D eigenvalue weighted by atomic mass is 10.1. The third kappa shape index (κ3) is 6.94. The van der Waals surface area contributed by atoms with Crippen LogP contribution in [0, 0.1) is 6.92 Å². The molecule has 4 nitrogen and oxygen atoms in total. The van der Waals surface area contributed by atoms with E-state index in [1.807, 2.05) is 0 Å². The van der Waals surface area contributed by atoms with Crippen molar-refractivity contribution >= 4 is 5.97 Å². The first kappa shape index (κ1) is 15.7. The Morgan fingerprint density at radius 2 is 2.05 bits per heavy atom. The Labute approximate surface area is 115 Å². The lowest BCUT2D eigenvalue weighted by Gasteiger charge is -2.07. The van der Waals surface area contributed by atoms with Crippen molar-refractivity contribution < 1.29 is 14.3 Å². The topological polar surface area (TPSA) is 47.6 Å². The lowest BCUT2D eigenvalue weighted by molar-refractivity contribution is -0.148. The van der Waals surface area contributed by atoms with Gasteiger partial charge in [0, 0.05) is 6.54 Å². The first-order valence-corrected chi connectivity index (χ1v) is 6.72. The van der Waals surface area contributed by atoms with E-state index in [1.165, 1.54) is 11.1 Å². The maximum Gasteiger partial charge on any atom is 0.332 e. The predicted molar refractivity (Wildman–Crippen MR) is 75.2 cm³/mol. The van der Waals surface area contributed by atoms with Crippen molar-refractivity contribution in [1.82, 2.24) is 5.32 Å². The molecular formula is C15H23NO3. The number of ether oxygens (including phenoxy) is 2. The highest BCUT2D eigenvalue weighted by atomic mass is 16.6. The fourth-order valence-corrected chi connectivity index (χ4v) is 1.74. The molecule has 0 unspecified atom stereocenters. The van der Waals surface area contributed by atoms with Gasteiger partial charge < -0.3 is 14.8 Å². The van der Waals surface area contributed by atoms with E-state index in [-0.39, 0.29) is 12.6 Å². The number of carbonyl (C=O) groups is 1. The van der Waals surface area contributed by atoms with Crippen LogP contribution in [0.25, 0.3) is 0 Å². The molecule has 1 aromatic carbocycles. The molecule has 0 atom stereocenters. The van der Waals surface area contributed by atoms with Crippen LogP contribution in [0.2, 0.25) is 0 Å². The van der Waals surface area contributed by atoms with Crippen LogP contribution in [0.5, 0.6) is 0 Å². The molecule has 0 spiro atoms. The summed E-state index contributed by atoms with van der Waals surface area (Å²) in [5.41, 5.74) is 2.69. The molecule has 1 aromatic rings. The zero-order chi connectivity index (χ0) is 13.9. The van der Waals surface area contributed by atoms with E-state index in [9.17, 15) is 4.79 Å². The van der Waals surface area contributed by atoms with Crippen molar-refractivity contribution in [3.8, 4) is 0 Å². The summed E-state index contributed by atoms with van der Waals surface area (Å²) in [6, 6.07) is 8.38. The molecule has 1 rings (SSSR count). The fraction of sp³-hybridized carbons (Fsp3) is 0.533. The Balaban J connectivity index is 2.00. The van der Waals surface area contributed by atoms with Crippen LogP contribution in [-0.2, 0) is 20.7 Å². The minimum Gasteiger partial charge on any atom is -0.464 e. The van der Waals surface area contributed by atoms with Crippen molar-refractivity contribution in [2.75, 3.05) is 32.9 Å². The summed E-state index contributed by atoms with van der Waals surface area (Å²) < 4.78 is 9.94. The van der Waals surface area contributed by atoms with Crippen LogP contribution in [-0.4, -0.2) is 38.9 Å². The van der Waals surface area contributed by atoms with E-state index in [1.54, 1.807) is 6.92 Å². The molecule has 4 heteroatoms. The van der Waals surface area contributed by atoms with E-state index in [2.05, 4.69) is 36.5 Å². The van der Waals surface area contributed by atoms with E-state index < -0.39 is 0 Å². The highest BCUT2D eigenvalue weighted by Crippen LogP contribution is 2.06. The molecule has 0 saturated carbocycles. The van der Waals surface area contributed by atoms with Gasteiger partial charge in [-0.05, 0) is 37.9 Å². The Morgan fingerprint density at radius 3 is 2.79 bits per heavy atom. The molecular weight excluding hydrogens is 242 g/mol. The van der Waals surface area contributed by atoms with Crippen molar-refractivity contribution in [2.45, 2.75) is 20.3 Å². The van der Waals surface area contributed by atoms with Gasteiger partial charge in [-0.1, -0.05) is 24.3 Å². The Bertz CT molecular complexity index is 379. The largest absolute Gasteiger partial charge is 0.464 e. The van der Waals surface area contributed by atoms with Gasteiger partial charge in [0.2, 0.25) is 0 Å². The summed E-state index contributed by atoms with van der Waals surface area (Å²) in [6.45, 7) is 6.51. The summed E-state index contributed by atoms with van der Waals surface area (Å²) in [5, 5.41) is 3.29. The summed E-state index contributed by atoms with van der Waals surface area (Å²) >= 11 is 0. The molecule has 0 aliphatic heterocycles. The highest BCUT2D eigenvalue weighted by Gasteiger charge is 2.00. The summed E-state index contributed by atoms with van der Waals surface area (Å²) in [5.74, 6) is -0.303. The van der Waals surface area contributed by atoms with E-state index in [0.717, 1.165) is 19.5 Å². The predicted octanol–water partition coefficient (Wildman–Crippen LogP) is 1.71. The molecule has 0 aliphatic carbocycles. The van der Waals surface area contributed by atoms with Crippen LogP contribution in [0.4, 0.5) is 0 Å². The maximum absolute atomic E-state index is 11.0. The molecule has 0 radical (unpaired) electrons. The third-order valence-corrected chi connectivity index (χ3v) is 2.78. The Kier molecular flexibility index (Phi) is 7.86. The number of nitrogens with one attached hydrogen (secondary N) is 1. The van der Waals surface area contributed by atoms with Gasteiger partial charge >= 0.3 is 5.97 Å². The van der Waals surface area contributed by atoms with Gasteiger partial charge in [0.15, 0.2) is 0 Å². The zero-order valence-corrected chi connectivity index (χ0v) is 11.8. The van der Waals surface area contributed by atoms with Crippen molar-refractivity contribution in [3.05, 3.63) is 35.4 Å². The Hall–Kier alpha value is -1.39. The number of rotatable bonds is 9. The first-order chi connectivity index (χ1) is 9.24. The van der Waals surface area contributed by atoms with Gasteiger partial charge in [0.25, 0.3) is 0 Å². The van der Waals surface area contributed by atoms with Crippen LogP contribution in [0.15, 0.2) is 24.3 Å².